The molecule has 1 aliphatic carbocycles. The Morgan fingerprint density at radius 1 is 1.40 bits per heavy atom. The monoisotopic (exact) mass is 281 g/mol. The summed E-state index contributed by atoms with van der Waals surface area (Å²) < 4.78 is 17.5. The summed E-state index contributed by atoms with van der Waals surface area (Å²) in [6.07, 6.45) is 3.71. The zero-order valence-electron chi connectivity index (χ0n) is 11.0. The molecule has 2 aliphatic rings. The largest absolute Gasteiger partial charge is 0.447 e. The summed E-state index contributed by atoms with van der Waals surface area (Å²) in [7, 11) is 0. The van der Waals surface area contributed by atoms with Crippen LogP contribution in [0, 0.1) is 0 Å². The first kappa shape index (κ1) is 14.4. The zero-order chi connectivity index (χ0) is 14.5. The Morgan fingerprint density at radius 2 is 2.20 bits per heavy atom. The first-order valence-electron chi connectivity index (χ1n) is 6.60. The van der Waals surface area contributed by atoms with Crippen LogP contribution in [-0.4, -0.2) is 42.0 Å². The normalized spacial score (nSPS) is 21.6. The molecule has 0 aromatic heterocycles. The summed E-state index contributed by atoms with van der Waals surface area (Å²) in [5, 5.41) is 0. The summed E-state index contributed by atoms with van der Waals surface area (Å²) >= 11 is 0. The van der Waals surface area contributed by atoms with Crippen LogP contribution in [-0.2, 0) is 14.3 Å². The fraction of sp³-hybridized carbons (Fsp3) is 0.500. The minimum Gasteiger partial charge on any atom is -0.447 e. The summed E-state index contributed by atoms with van der Waals surface area (Å²) in [6.45, 7) is 0.503. The third kappa shape index (κ3) is 3.53. The van der Waals surface area contributed by atoms with E-state index in [1.165, 1.54) is 12.2 Å². The molecule has 0 aromatic rings. The van der Waals surface area contributed by atoms with Crippen molar-refractivity contribution in [2.24, 2.45) is 0 Å². The number of cyclic esters (lactones) is 1. The molecule has 1 aliphatic heterocycles. The second-order valence-electron chi connectivity index (χ2n) is 4.71. The van der Waals surface area contributed by atoms with Gasteiger partial charge in [0.05, 0.1) is 6.54 Å². The highest BCUT2D eigenvalue weighted by Crippen LogP contribution is 2.16. The molecule has 1 atom stereocenters. The molecule has 2 amide bonds. The lowest BCUT2D eigenvalue weighted by Crippen LogP contribution is -2.31. The molecule has 0 radical (unpaired) electrons. The molecule has 0 N–H and O–H groups in total. The van der Waals surface area contributed by atoms with Crippen molar-refractivity contribution in [3.05, 3.63) is 23.8 Å². The first-order valence-corrected chi connectivity index (χ1v) is 6.60. The van der Waals surface area contributed by atoms with Crippen LogP contribution in [0.3, 0.4) is 0 Å². The fourth-order valence-corrected chi connectivity index (χ4v) is 2.10. The zero-order valence-corrected chi connectivity index (χ0v) is 11.0. The molecular formula is C14H16FNO4. The minimum absolute atomic E-state index is 0.107. The van der Waals surface area contributed by atoms with Gasteiger partial charge in [-0.15, -0.1) is 0 Å². The first-order chi connectivity index (χ1) is 9.58. The van der Waals surface area contributed by atoms with E-state index in [1.807, 2.05) is 0 Å². The van der Waals surface area contributed by atoms with Gasteiger partial charge in [-0.05, 0) is 12.5 Å². The van der Waals surface area contributed by atoms with Gasteiger partial charge in [0.2, 0.25) is 5.91 Å². The molecule has 0 spiro atoms. The van der Waals surface area contributed by atoms with Crippen molar-refractivity contribution in [2.75, 3.05) is 13.2 Å². The van der Waals surface area contributed by atoms with Gasteiger partial charge in [0.25, 0.3) is 0 Å². The third-order valence-electron chi connectivity index (χ3n) is 3.23. The van der Waals surface area contributed by atoms with E-state index >= 15 is 0 Å². The second-order valence-corrected chi connectivity index (χ2v) is 4.71. The summed E-state index contributed by atoms with van der Waals surface area (Å²) in [5.41, 5.74) is 0.493. The lowest BCUT2D eigenvalue weighted by Gasteiger charge is -2.11. The number of alkyl halides is 1. The number of Topliss-reactive ketones (excluding diaryl/α,β-unsaturated/α-hetero) is 1. The molecule has 20 heavy (non-hydrogen) atoms. The Hall–Kier alpha value is -1.98. The third-order valence-corrected chi connectivity index (χ3v) is 3.23. The number of ketones is 1. The molecule has 0 aromatic carbocycles. The van der Waals surface area contributed by atoms with Gasteiger partial charge in [0.1, 0.15) is 12.8 Å². The van der Waals surface area contributed by atoms with Crippen LogP contribution in [0.15, 0.2) is 23.8 Å². The number of rotatable bonds is 5. The van der Waals surface area contributed by atoms with Crippen LogP contribution in [0.2, 0.25) is 0 Å². The topological polar surface area (TPSA) is 63.7 Å². The quantitative estimate of drug-likeness (QED) is 0.772. The van der Waals surface area contributed by atoms with Gasteiger partial charge >= 0.3 is 6.09 Å². The van der Waals surface area contributed by atoms with E-state index in [4.69, 9.17) is 0 Å². The number of halogens is 1. The highest BCUT2D eigenvalue weighted by Gasteiger charge is 2.27. The number of carbonyl (C=O) groups is 3. The number of amides is 2. The van der Waals surface area contributed by atoms with E-state index in [1.54, 1.807) is 6.08 Å². The number of hydrogen-bond acceptors (Lipinski definition) is 4. The van der Waals surface area contributed by atoms with Crippen LogP contribution in [0.1, 0.15) is 25.7 Å². The minimum atomic E-state index is -1.02. The van der Waals surface area contributed by atoms with Gasteiger partial charge in [-0.1, -0.05) is 12.2 Å². The molecule has 1 fully saturated rings. The van der Waals surface area contributed by atoms with Crippen molar-refractivity contribution < 1.29 is 23.5 Å². The van der Waals surface area contributed by atoms with Crippen molar-refractivity contribution >= 4 is 17.8 Å². The summed E-state index contributed by atoms with van der Waals surface area (Å²) in [6, 6.07) is 0. The van der Waals surface area contributed by atoms with E-state index in [-0.39, 0.29) is 44.1 Å². The second kappa shape index (κ2) is 6.45. The predicted molar refractivity (Wildman–Crippen MR) is 68.7 cm³/mol. The lowest BCUT2D eigenvalue weighted by molar-refractivity contribution is -0.127. The van der Waals surface area contributed by atoms with Gasteiger partial charge < -0.3 is 4.74 Å². The van der Waals surface area contributed by atoms with Crippen molar-refractivity contribution in [1.29, 1.82) is 0 Å². The average Bonchev–Trinajstić information content (AvgIpc) is 2.85. The molecule has 0 bridgehead atoms. The molecule has 6 heteroatoms. The molecule has 5 nitrogen and oxygen atoms in total. The van der Waals surface area contributed by atoms with Crippen LogP contribution in [0.4, 0.5) is 9.18 Å². The smallest absolute Gasteiger partial charge is 0.416 e. The number of nitrogens with zero attached hydrogens (tertiary/aromatic N) is 1. The number of ether oxygens (including phenoxy) is 1. The standard InChI is InChI=1S/C14H16FNO4/c15-11-6-4-10(5-7-11)12(17)2-1-3-13(18)16-8-9-20-14(16)19/h4-6,11H,1-3,7-9H2. The van der Waals surface area contributed by atoms with E-state index in [2.05, 4.69) is 4.74 Å². The van der Waals surface area contributed by atoms with Crippen LogP contribution < -0.4 is 0 Å². The number of imide groups is 1. The maximum Gasteiger partial charge on any atom is 0.416 e. The molecule has 0 saturated carbocycles. The average molecular weight is 281 g/mol. The molecule has 1 saturated heterocycles. The highest BCUT2D eigenvalue weighted by atomic mass is 19.1. The van der Waals surface area contributed by atoms with Crippen molar-refractivity contribution in [3.63, 3.8) is 0 Å². The predicted octanol–water partition coefficient (Wildman–Crippen LogP) is 1.93. The van der Waals surface area contributed by atoms with E-state index in [0.29, 0.717) is 12.0 Å². The Bertz CT molecular complexity index is 484. The lowest BCUT2D eigenvalue weighted by atomic mass is 9.99. The van der Waals surface area contributed by atoms with E-state index in [0.717, 1.165) is 4.90 Å². The van der Waals surface area contributed by atoms with Crippen LogP contribution in [0.5, 0.6) is 0 Å². The van der Waals surface area contributed by atoms with Crippen molar-refractivity contribution in [1.82, 2.24) is 4.90 Å². The van der Waals surface area contributed by atoms with Gasteiger partial charge in [-0.2, -0.15) is 0 Å². The molecule has 2 rings (SSSR count). The molecule has 1 unspecified atom stereocenters. The number of carbonyl (C=O) groups excluding carboxylic acids is 3. The van der Waals surface area contributed by atoms with E-state index < -0.39 is 12.3 Å². The SMILES string of the molecule is O=C(CCCC(=O)N1CCOC1=O)C1=CCC(F)C=C1. The Morgan fingerprint density at radius 3 is 2.80 bits per heavy atom. The van der Waals surface area contributed by atoms with Gasteiger partial charge in [0, 0.05) is 24.8 Å². The maximum absolute atomic E-state index is 12.9. The Kier molecular flexibility index (Phi) is 4.65. The van der Waals surface area contributed by atoms with Crippen molar-refractivity contribution in [2.45, 2.75) is 31.9 Å². The van der Waals surface area contributed by atoms with Gasteiger partial charge in [0.15, 0.2) is 5.78 Å². The van der Waals surface area contributed by atoms with Gasteiger partial charge in [-0.3, -0.25) is 9.59 Å². The molecular weight excluding hydrogens is 265 g/mol. The van der Waals surface area contributed by atoms with E-state index in [9.17, 15) is 18.8 Å². The Labute approximate surface area is 116 Å². The highest BCUT2D eigenvalue weighted by molar-refractivity contribution is 5.98. The number of allylic oxidation sites excluding steroid dienone is 4. The molecule has 108 valence electrons. The van der Waals surface area contributed by atoms with Crippen molar-refractivity contribution in [3.8, 4) is 0 Å². The number of hydrogen-bond donors (Lipinski definition) is 0. The van der Waals surface area contributed by atoms with Gasteiger partial charge in [-0.25, -0.2) is 14.1 Å². The summed E-state index contributed by atoms with van der Waals surface area (Å²) in [4.78, 5) is 35.7. The van der Waals surface area contributed by atoms with Crippen LogP contribution >= 0.6 is 0 Å². The van der Waals surface area contributed by atoms with Crippen LogP contribution in [0.25, 0.3) is 0 Å². The Balaban J connectivity index is 1.73. The summed E-state index contributed by atoms with van der Waals surface area (Å²) in [5.74, 6) is -0.428. The fourth-order valence-electron chi connectivity index (χ4n) is 2.10. The maximum atomic E-state index is 12.9. The molecule has 1 heterocycles.